The van der Waals surface area contributed by atoms with E-state index in [4.69, 9.17) is 10.00 Å². The summed E-state index contributed by atoms with van der Waals surface area (Å²) in [5.74, 6) is 0.226. The molecule has 2 N–H and O–H groups in total. The summed E-state index contributed by atoms with van der Waals surface area (Å²) >= 11 is 3.40. The van der Waals surface area contributed by atoms with Crippen molar-refractivity contribution in [2.75, 3.05) is 12.4 Å². The normalized spacial score (nSPS) is 10.6. The number of nitrogens with one attached hydrogen (secondary N) is 2. The summed E-state index contributed by atoms with van der Waals surface area (Å²) in [6, 6.07) is 16.6. The van der Waals surface area contributed by atoms with Gasteiger partial charge < -0.3 is 15.4 Å². The van der Waals surface area contributed by atoms with Crippen LogP contribution in [-0.4, -0.2) is 13.0 Å². The number of rotatable bonds is 6. The van der Waals surface area contributed by atoms with Crippen LogP contribution >= 0.6 is 15.9 Å². The van der Waals surface area contributed by atoms with Crippen LogP contribution in [-0.2, 0) is 11.3 Å². The van der Waals surface area contributed by atoms with Gasteiger partial charge >= 0.3 is 0 Å². The Morgan fingerprint density at radius 1 is 1.29 bits per heavy atom. The second-order valence-corrected chi connectivity index (χ2v) is 5.78. The van der Waals surface area contributed by atoms with Crippen molar-refractivity contribution in [3.8, 4) is 11.8 Å². The van der Waals surface area contributed by atoms with Gasteiger partial charge in [-0.3, -0.25) is 4.79 Å². The van der Waals surface area contributed by atoms with Gasteiger partial charge in [-0.1, -0.05) is 28.1 Å². The Morgan fingerprint density at radius 3 is 2.67 bits per heavy atom. The van der Waals surface area contributed by atoms with Crippen LogP contribution in [0.1, 0.15) is 5.56 Å². The third-order valence-corrected chi connectivity index (χ3v) is 3.65. The van der Waals surface area contributed by atoms with E-state index in [0.29, 0.717) is 18.0 Å². The smallest absolute Gasteiger partial charge is 0.267 e. The highest BCUT2D eigenvalue weighted by Crippen LogP contribution is 2.15. The maximum Gasteiger partial charge on any atom is 0.267 e. The van der Waals surface area contributed by atoms with Gasteiger partial charge in [-0.15, -0.1) is 0 Å². The number of methoxy groups -OCH3 is 1. The lowest BCUT2D eigenvalue weighted by atomic mass is 10.2. The fourth-order valence-electron chi connectivity index (χ4n) is 1.94. The molecule has 0 bridgehead atoms. The highest BCUT2D eigenvalue weighted by Gasteiger charge is 2.09. The van der Waals surface area contributed by atoms with Crippen LogP contribution in [0.4, 0.5) is 5.69 Å². The predicted octanol–water partition coefficient (Wildman–Crippen LogP) is 3.59. The molecule has 5 nitrogen and oxygen atoms in total. The fraction of sp³-hybridized carbons (Fsp3) is 0.111. The van der Waals surface area contributed by atoms with Crippen molar-refractivity contribution in [3.05, 3.63) is 70.3 Å². The first-order chi connectivity index (χ1) is 11.6. The van der Waals surface area contributed by atoms with Gasteiger partial charge in [-0.25, -0.2) is 0 Å². The van der Waals surface area contributed by atoms with E-state index in [0.717, 1.165) is 10.0 Å². The van der Waals surface area contributed by atoms with E-state index in [2.05, 4.69) is 26.6 Å². The second kappa shape index (κ2) is 8.75. The molecular formula is C18H16BrN3O2. The number of hydrogen-bond donors (Lipinski definition) is 2. The minimum absolute atomic E-state index is 0.000755. The van der Waals surface area contributed by atoms with Gasteiger partial charge in [0.15, 0.2) is 0 Å². The SMILES string of the molecule is COc1ccc(NC(=O)/C(C#N)=C\NCc2cccc(Br)c2)cc1. The van der Waals surface area contributed by atoms with Crippen LogP contribution in [0.25, 0.3) is 0 Å². The first-order valence-electron chi connectivity index (χ1n) is 7.16. The Balaban J connectivity index is 1.96. The summed E-state index contributed by atoms with van der Waals surface area (Å²) in [4.78, 5) is 12.1. The van der Waals surface area contributed by atoms with E-state index in [9.17, 15) is 4.79 Å². The van der Waals surface area contributed by atoms with E-state index in [-0.39, 0.29) is 5.57 Å². The molecule has 0 spiro atoms. The lowest BCUT2D eigenvalue weighted by Crippen LogP contribution is -2.16. The Labute approximate surface area is 149 Å². The molecule has 2 rings (SSSR count). The largest absolute Gasteiger partial charge is 0.497 e. The Kier molecular flexibility index (Phi) is 6.41. The molecule has 1 amide bonds. The number of carbonyl (C=O) groups excluding carboxylic acids is 1. The molecule has 0 saturated carbocycles. The van der Waals surface area contributed by atoms with E-state index < -0.39 is 5.91 Å². The van der Waals surface area contributed by atoms with Gasteiger partial charge in [0.05, 0.1) is 7.11 Å². The first-order valence-corrected chi connectivity index (χ1v) is 7.95. The number of hydrogen-bond acceptors (Lipinski definition) is 4. The van der Waals surface area contributed by atoms with Gasteiger partial charge in [0.1, 0.15) is 17.4 Å². The zero-order chi connectivity index (χ0) is 17.4. The number of ether oxygens (including phenoxy) is 1. The van der Waals surface area contributed by atoms with Gasteiger partial charge in [0.25, 0.3) is 5.91 Å². The molecule has 2 aromatic rings. The molecule has 0 aliphatic carbocycles. The molecule has 0 unspecified atom stereocenters. The highest BCUT2D eigenvalue weighted by atomic mass is 79.9. The molecule has 0 fully saturated rings. The number of nitrogens with zero attached hydrogens (tertiary/aromatic N) is 1. The number of anilines is 1. The fourth-order valence-corrected chi connectivity index (χ4v) is 2.39. The zero-order valence-corrected chi connectivity index (χ0v) is 14.6. The van der Waals surface area contributed by atoms with Crippen LogP contribution in [0.5, 0.6) is 5.75 Å². The van der Waals surface area contributed by atoms with Crippen molar-refractivity contribution in [1.29, 1.82) is 5.26 Å². The molecule has 0 aromatic heterocycles. The number of nitriles is 1. The summed E-state index contributed by atoms with van der Waals surface area (Å²) in [6.07, 6.45) is 1.42. The van der Waals surface area contributed by atoms with Crippen LogP contribution in [0.3, 0.4) is 0 Å². The first kappa shape index (κ1) is 17.6. The van der Waals surface area contributed by atoms with Gasteiger partial charge in [0.2, 0.25) is 0 Å². The lowest BCUT2D eigenvalue weighted by Gasteiger charge is -2.06. The van der Waals surface area contributed by atoms with Crippen molar-refractivity contribution in [3.63, 3.8) is 0 Å². The van der Waals surface area contributed by atoms with E-state index in [1.165, 1.54) is 6.20 Å². The van der Waals surface area contributed by atoms with Crippen LogP contribution < -0.4 is 15.4 Å². The number of benzene rings is 2. The summed E-state index contributed by atoms with van der Waals surface area (Å²) in [5.41, 5.74) is 1.63. The van der Waals surface area contributed by atoms with Crippen LogP contribution in [0, 0.1) is 11.3 Å². The summed E-state index contributed by atoms with van der Waals surface area (Å²) < 4.78 is 6.03. The monoisotopic (exact) mass is 385 g/mol. The molecule has 0 aliphatic rings. The molecule has 122 valence electrons. The maximum atomic E-state index is 12.1. The van der Waals surface area contributed by atoms with Gasteiger partial charge in [0, 0.05) is 22.9 Å². The molecule has 6 heteroatoms. The third kappa shape index (κ3) is 5.14. The summed E-state index contributed by atoms with van der Waals surface area (Å²) in [7, 11) is 1.57. The summed E-state index contributed by atoms with van der Waals surface area (Å²) in [6.45, 7) is 0.514. The lowest BCUT2D eigenvalue weighted by molar-refractivity contribution is -0.112. The Hall–Kier alpha value is -2.78. The maximum absolute atomic E-state index is 12.1. The van der Waals surface area contributed by atoms with Gasteiger partial charge in [-0.2, -0.15) is 5.26 Å². The standard InChI is InChI=1S/C18H16BrN3O2/c1-24-17-7-5-16(6-8-17)22-18(23)14(10-20)12-21-11-13-3-2-4-15(19)9-13/h2-9,12,21H,11H2,1H3,(H,22,23)/b14-12-. The average Bonchev–Trinajstić information content (AvgIpc) is 2.59. The van der Waals surface area contributed by atoms with Gasteiger partial charge in [-0.05, 0) is 42.0 Å². The quantitative estimate of drug-likeness (QED) is 0.588. The van der Waals surface area contributed by atoms with Crippen LogP contribution in [0.15, 0.2) is 64.8 Å². The number of amides is 1. The minimum atomic E-state index is -0.468. The average molecular weight is 386 g/mol. The molecule has 2 aromatic carbocycles. The van der Waals surface area contributed by atoms with Crippen molar-refractivity contribution >= 4 is 27.5 Å². The van der Waals surface area contributed by atoms with E-state index in [1.54, 1.807) is 31.4 Å². The Morgan fingerprint density at radius 2 is 2.04 bits per heavy atom. The molecule has 0 heterocycles. The number of carbonyl (C=O) groups is 1. The molecule has 0 aliphatic heterocycles. The van der Waals surface area contributed by atoms with Crippen molar-refractivity contribution in [1.82, 2.24) is 5.32 Å². The van der Waals surface area contributed by atoms with Crippen molar-refractivity contribution in [2.24, 2.45) is 0 Å². The number of halogens is 1. The zero-order valence-electron chi connectivity index (χ0n) is 13.0. The molecule has 0 atom stereocenters. The van der Waals surface area contributed by atoms with Crippen molar-refractivity contribution < 1.29 is 9.53 Å². The topological polar surface area (TPSA) is 74.1 Å². The van der Waals surface area contributed by atoms with Crippen molar-refractivity contribution in [2.45, 2.75) is 6.54 Å². The Bertz CT molecular complexity index is 780. The molecule has 0 saturated heterocycles. The minimum Gasteiger partial charge on any atom is -0.497 e. The van der Waals surface area contributed by atoms with E-state index in [1.807, 2.05) is 30.3 Å². The van der Waals surface area contributed by atoms with E-state index >= 15 is 0 Å². The third-order valence-electron chi connectivity index (χ3n) is 3.15. The van der Waals surface area contributed by atoms with Crippen LogP contribution in [0.2, 0.25) is 0 Å². The molecule has 0 radical (unpaired) electrons. The molecule has 24 heavy (non-hydrogen) atoms. The summed E-state index contributed by atoms with van der Waals surface area (Å²) in [5, 5.41) is 14.8. The molecular weight excluding hydrogens is 370 g/mol. The second-order valence-electron chi connectivity index (χ2n) is 4.86. The highest BCUT2D eigenvalue weighted by molar-refractivity contribution is 9.10. The predicted molar refractivity (Wildman–Crippen MR) is 96.3 cm³/mol.